The number of amides is 2. The van der Waals surface area contributed by atoms with Crippen molar-refractivity contribution in [2.75, 3.05) is 13.7 Å². The molecular formula is C13H21N3O2S. The Hall–Kier alpha value is -1.14. The summed E-state index contributed by atoms with van der Waals surface area (Å²) in [6, 6.07) is -0.162. The first-order valence-electron chi connectivity index (χ1n) is 6.68. The molecule has 0 aliphatic heterocycles. The molecule has 2 rings (SSSR count). The number of urea groups is 1. The predicted octanol–water partition coefficient (Wildman–Crippen LogP) is 2.46. The van der Waals surface area contributed by atoms with Gasteiger partial charge in [-0.15, -0.1) is 11.3 Å². The van der Waals surface area contributed by atoms with Gasteiger partial charge in [-0.1, -0.05) is 6.92 Å². The lowest BCUT2D eigenvalue weighted by atomic mass is 9.80. The second kappa shape index (κ2) is 6.34. The Balaban J connectivity index is 1.80. The molecule has 0 aromatic carbocycles. The molecule has 1 atom stereocenters. The fraction of sp³-hybridized carbons (Fsp3) is 0.692. The standard InChI is InChI=1S/C13H21N3O2S/c1-3-10(11-14-7-8-19-11)16-12(17)15-9-13(18-2)5-4-6-13/h7-8,10H,3-6,9H2,1-2H3,(H2,15,16,17). The maximum atomic E-state index is 11.9. The molecule has 5 nitrogen and oxygen atoms in total. The molecule has 1 heterocycles. The summed E-state index contributed by atoms with van der Waals surface area (Å²) >= 11 is 1.56. The number of hydrogen-bond donors (Lipinski definition) is 2. The number of aromatic nitrogens is 1. The molecule has 2 N–H and O–H groups in total. The van der Waals surface area contributed by atoms with Crippen LogP contribution in [0.5, 0.6) is 0 Å². The molecule has 1 aromatic heterocycles. The van der Waals surface area contributed by atoms with Crippen molar-refractivity contribution in [2.45, 2.75) is 44.2 Å². The van der Waals surface area contributed by atoms with Crippen LogP contribution in [0.3, 0.4) is 0 Å². The highest BCUT2D eigenvalue weighted by Crippen LogP contribution is 2.34. The number of methoxy groups -OCH3 is 1. The van der Waals surface area contributed by atoms with Crippen molar-refractivity contribution in [3.8, 4) is 0 Å². The van der Waals surface area contributed by atoms with Gasteiger partial charge < -0.3 is 15.4 Å². The van der Waals surface area contributed by atoms with E-state index in [4.69, 9.17) is 4.74 Å². The zero-order chi connectivity index (χ0) is 13.7. The average molecular weight is 283 g/mol. The van der Waals surface area contributed by atoms with Gasteiger partial charge in [0.1, 0.15) is 5.01 Å². The molecule has 0 radical (unpaired) electrons. The van der Waals surface area contributed by atoms with Crippen molar-refractivity contribution in [3.63, 3.8) is 0 Å². The summed E-state index contributed by atoms with van der Waals surface area (Å²) in [7, 11) is 1.71. The van der Waals surface area contributed by atoms with Crippen LogP contribution in [0, 0.1) is 0 Å². The van der Waals surface area contributed by atoms with E-state index in [2.05, 4.69) is 15.6 Å². The maximum absolute atomic E-state index is 11.9. The minimum absolute atomic E-state index is 0.0140. The second-order valence-electron chi connectivity index (χ2n) is 4.90. The third kappa shape index (κ3) is 3.45. The van der Waals surface area contributed by atoms with E-state index < -0.39 is 0 Å². The molecule has 6 heteroatoms. The Morgan fingerprint density at radius 1 is 1.63 bits per heavy atom. The molecule has 1 aromatic rings. The van der Waals surface area contributed by atoms with E-state index in [-0.39, 0.29) is 17.7 Å². The Morgan fingerprint density at radius 3 is 2.89 bits per heavy atom. The van der Waals surface area contributed by atoms with Crippen LogP contribution in [0.25, 0.3) is 0 Å². The van der Waals surface area contributed by atoms with Crippen LogP contribution in [0.2, 0.25) is 0 Å². The Kier molecular flexibility index (Phi) is 4.76. The Morgan fingerprint density at radius 2 is 2.42 bits per heavy atom. The Labute approximate surface area is 117 Å². The number of nitrogens with one attached hydrogen (secondary N) is 2. The van der Waals surface area contributed by atoms with Gasteiger partial charge in [0.25, 0.3) is 0 Å². The smallest absolute Gasteiger partial charge is 0.315 e. The van der Waals surface area contributed by atoms with Crippen LogP contribution in [-0.2, 0) is 4.74 Å². The number of rotatable bonds is 6. The maximum Gasteiger partial charge on any atom is 0.315 e. The summed E-state index contributed by atoms with van der Waals surface area (Å²) in [5.41, 5.74) is -0.139. The summed E-state index contributed by atoms with van der Waals surface area (Å²) in [5.74, 6) is 0. The normalized spacial score (nSPS) is 18.4. The molecule has 0 spiro atoms. The summed E-state index contributed by atoms with van der Waals surface area (Å²) in [5, 5.41) is 8.73. The number of nitrogens with zero attached hydrogens (tertiary/aromatic N) is 1. The molecule has 0 bridgehead atoms. The zero-order valence-corrected chi connectivity index (χ0v) is 12.3. The van der Waals surface area contributed by atoms with Gasteiger partial charge in [-0.3, -0.25) is 0 Å². The molecule has 1 aliphatic rings. The minimum atomic E-state index is -0.148. The van der Waals surface area contributed by atoms with Crippen LogP contribution in [0.1, 0.15) is 43.7 Å². The van der Waals surface area contributed by atoms with Crippen LogP contribution in [0.4, 0.5) is 4.79 Å². The lowest BCUT2D eigenvalue weighted by Crippen LogP contribution is -2.51. The molecule has 1 saturated carbocycles. The van der Waals surface area contributed by atoms with E-state index >= 15 is 0 Å². The zero-order valence-electron chi connectivity index (χ0n) is 11.4. The SMILES string of the molecule is CCC(NC(=O)NCC1(OC)CCC1)c1nccs1. The third-order valence-corrected chi connectivity index (χ3v) is 4.62. The van der Waals surface area contributed by atoms with Gasteiger partial charge in [-0.2, -0.15) is 0 Å². The van der Waals surface area contributed by atoms with Crippen molar-refractivity contribution >= 4 is 17.4 Å². The molecule has 0 saturated heterocycles. The molecule has 1 unspecified atom stereocenters. The number of ether oxygens (including phenoxy) is 1. The van der Waals surface area contributed by atoms with E-state index in [1.54, 1.807) is 24.6 Å². The van der Waals surface area contributed by atoms with E-state index in [9.17, 15) is 4.79 Å². The van der Waals surface area contributed by atoms with Gasteiger partial charge >= 0.3 is 6.03 Å². The first-order chi connectivity index (χ1) is 9.19. The van der Waals surface area contributed by atoms with Crippen molar-refractivity contribution in [3.05, 3.63) is 16.6 Å². The molecular weight excluding hydrogens is 262 g/mol. The average Bonchev–Trinajstić information content (AvgIpc) is 2.89. The van der Waals surface area contributed by atoms with Crippen LogP contribution in [0.15, 0.2) is 11.6 Å². The van der Waals surface area contributed by atoms with Crippen LogP contribution >= 0.6 is 11.3 Å². The predicted molar refractivity (Wildman–Crippen MR) is 75.3 cm³/mol. The highest BCUT2D eigenvalue weighted by atomic mass is 32.1. The lowest BCUT2D eigenvalue weighted by molar-refractivity contribution is -0.0674. The van der Waals surface area contributed by atoms with Gasteiger partial charge in [-0.25, -0.2) is 9.78 Å². The topological polar surface area (TPSA) is 63.2 Å². The lowest BCUT2D eigenvalue weighted by Gasteiger charge is -2.40. The number of carbonyl (C=O) groups excluding carboxylic acids is 1. The van der Waals surface area contributed by atoms with Crippen molar-refractivity contribution in [2.24, 2.45) is 0 Å². The third-order valence-electron chi connectivity index (χ3n) is 3.73. The van der Waals surface area contributed by atoms with Crippen molar-refractivity contribution < 1.29 is 9.53 Å². The van der Waals surface area contributed by atoms with E-state index in [0.29, 0.717) is 6.54 Å². The summed E-state index contributed by atoms with van der Waals surface area (Å²) < 4.78 is 5.47. The second-order valence-corrected chi connectivity index (χ2v) is 5.83. The molecule has 1 fully saturated rings. The quantitative estimate of drug-likeness (QED) is 0.843. The fourth-order valence-corrected chi connectivity index (χ4v) is 2.99. The van der Waals surface area contributed by atoms with Gasteiger partial charge in [0, 0.05) is 25.2 Å². The Bertz CT molecular complexity index is 399. The van der Waals surface area contributed by atoms with Gasteiger partial charge in [0.05, 0.1) is 11.6 Å². The first-order valence-corrected chi connectivity index (χ1v) is 7.56. The first kappa shape index (κ1) is 14.3. The summed E-state index contributed by atoms with van der Waals surface area (Å²) in [6.45, 7) is 2.61. The fourth-order valence-electron chi connectivity index (χ4n) is 2.22. The molecule has 2 amide bonds. The van der Waals surface area contributed by atoms with Crippen molar-refractivity contribution in [1.29, 1.82) is 0 Å². The number of hydrogen-bond acceptors (Lipinski definition) is 4. The summed E-state index contributed by atoms with van der Waals surface area (Å²) in [4.78, 5) is 16.2. The minimum Gasteiger partial charge on any atom is -0.376 e. The summed E-state index contributed by atoms with van der Waals surface area (Å²) in [6.07, 6.45) is 5.81. The highest BCUT2D eigenvalue weighted by molar-refractivity contribution is 7.09. The largest absolute Gasteiger partial charge is 0.376 e. The molecule has 106 valence electrons. The van der Waals surface area contributed by atoms with E-state index in [0.717, 1.165) is 24.3 Å². The van der Waals surface area contributed by atoms with E-state index in [1.165, 1.54) is 6.42 Å². The van der Waals surface area contributed by atoms with Gasteiger partial charge in [-0.05, 0) is 25.7 Å². The van der Waals surface area contributed by atoms with Gasteiger partial charge in [0.15, 0.2) is 0 Å². The highest BCUT2D eigenvalue weighted by Gasteiger charge is 2.37. The van der Waals surface area contributed by atoms with Crippen LogP contribution in [-0.4, -0.2) is 30.3 Å². The van der Waals surface area contributed by atoms with Crippen molar-refractivity contribution in [1.82, 2.24) is 15.6 Å². The number of thiazole rings is 1. The van der Waals surface area contributed by atoms with Crippen LogP contribution < -0.4 is 10.6 Å². The molecule has 19 heavy (non-hydrogen) atoms. The van der Waals surface area contributed by atoms with E-state index in [1.807, 2.05) is 12.3 Å². The van der Waals surface area contributed by atoms with Gasteiger partial charge in [0.2, 0.25) is 0 Å². The molecule has 1 aliphatic carbocycles. The number of carbonyl (C=O) groups is 1. The monoisotopic (exact) mass is 283 g/mol.